The topological polar surface area (TPSA) is 137 Å². The second-order valence-electron chi connectivity index (χ2n) is 9.03. The number of amides is 2. The Labute approximate surface area is 221 Å². The van der Waals surface area contributed by atoms with Crippen molar-refractivity contribution in [3.63, 3.8) is 0 Å². The quantitative estimate of drug-likeness (QED) is 0.344. The van der Waals surface area contributed by atoms with Crippen molar-refractivity contribution >= 4 is 33.6 Å². The van der Waals surface area contributed by atoms with Gasteiger partial charge in [0.25, 0.3) is 12.0 Å². The number of H-pyrrole nitrogens is 1. The van der Waals surface area contributed by atoms with E-state index in [-0.39, 0.29) is 36.7 Å². The molecule has 2 aromatic heterocycles. The number of nitrogens with one attached hydrogen (secondary N) is 1. The van der Waals surface area contributed by atoms with Crippen molar-refractivity contribution in [1.82, 2.24) is 29.5 Å². The molecule has 2 heterocycles. The predicted molar refractivity (Wildman–Crippen MR) is 137 cm³/mol. The van der Waals surface area contributed by atoms with Gasteiger partial charge in [0.2, 0.25) is 11.8 Å². The summed E-state index contributed by atoms with van der Waals surface area (Å²) >= 11 is 0. The molecule has 0 fully saturated rings. The van der Waals surface area contributed by atoms with Crippen LogP contribution < -0.4 is 10.3 Å². The number of hydrogen-bond acceptors (Lipinski definition) is 7. The highest BCUT2D eigenvalue weighted by Crippen LogP contribution is 2.26. The van der Waals surface area contributed by atoms with Crippen molar-refractivity contribution in [2.24, 2.45) is 0 Å². The Morgan fingerprint density at radius 2 is 1.87 bits per heavy atom. The van der Waals surface area contributed by atoms with Gasteiger partial charge in [-0.3, -0.25) is 14.4 Å². The van der Waals surface area contributed by atoms with E-state index in [1.807, 2.05) is 6.07 Å². The Morgan fingerprint density at radius 3 is 2.54 bits per heavy atom. The number of nitrogens with zero attached hydrogens (tertiary/aromatic N) is 6. The Kier molecular flexibility index (Phi) is 7.85. The second kappa shape index (κ2) is 11.3. The van der Waals surface area contributed by atoms with Crippen molar-refractivity contribution in [3.05, 3.63) is 63.8 Å². The number of alkyl halides is 2. The van der Waals surface area contributed by atoms with Crippen molar-refractivity contribution < 1.29 is 23.1 Å². The Bertz CT molecular complexity index is 1660. The first-order valence-corrected chi connectivity index (χ1v) is 11.8. The van der Waals surface area contributed by atoms with E-state index in [4.69, 9.17) is 4.74 Å². The van der Waals surface area contributed by atoms with Gasteiger partial charge < -0.3 is 19.5 Å². The molecule has 0 aliphatic carbocycles. The van der Waals surface area contributed by atoms with Gasteiger partial charge in [0.15, 0.2) is 0 Å². The normalized spacial score (nSPS) is 11.1. The lowest BCUT2D eigenvalue weighted by atomic mass is 10.1. The first-order chi connectivity index (χ1) is 18.6. The maximum atomic E-state index is 13.1. The number of halogens is 2. The number of carbonyl (C=O) groups is 2. The van der Waals surface area contributed by atoms with Crippen LogP contribution in [0.5, 0.6) is 5.75 Å². The molecule has 0 aliphatic rings. The lowest BCUT2D eigenvalue weighted by Crippen LogP contribution is -2.41. The van der Waals surface area contributed by atoms with E-state index >= 15 is 0 Å². The Morgan fingerprint density at radius 1 is 1.15 bits per heavy atom. The lowest BCUT2D eigenvalue weighted by molar-refractivity contribution is -0.138. The minimum atomic E-state index is -2.70. The molecule has 2 amide bonds. The Balaban J connectivity index is 1.67. The van der Waals surface area contributed by atoms with Crippen LogP contribution in [-0.4, -0.2) is 82.1 Å². The molecule has 0 spiro atoms. The number of aromatic amines is 1. The molecule has 11 nitrogen and oxygen atoms in total. The number of nitriles is 1. The van der Waals surface area contributed by atoms with Crippen molar-refractivity contribution in [2.45, 2.75) is 19.4 Å². The fourth-order valence-corrected chi connectivity index (χ4v) is 3.92. The van der Waals surface area contributed by atoms with Gasteiger partial charge in [0.1, 0.15) is 30.8 Å². The molecular formula is C26H25F2N7O4. The van der Waals surface area contributed by atoms with Crippen LogP contribution in [-0.2, 0) is 22.6 Å². The maximum Gasteiger partial charge on any atom is 0.275 e. The first-order valence-electron chi connectivity index (χ1n) is 11.8. The number of ether oxygens (including phenoxy) is 1. The molecule has 4 aromatic rings. The van der Waals surface area contributed by atoms with E-state index in [1.54, 1.807) is 38.4 Å². The zero-order valence-electron chi connectivity index (χ0n) is 21.4. The minimum Gasteiger partial charge on any atom is -0.486 e. The third kappa shape index (κ3) is 6.01. The van der Waals surface area contributed by atoms with Gasteiger partial charge in [-0.25, -0.2) is 18.4 Å². The molecular weight excluding hydrogens is 512 g/mol. The van der Waals surface area contributed by atoms with Crippen LogP contribution in [0.3, 0.4) is 0 Å². The summed E-state index contributed by atoms with van der Waals surface area (Å²) in [4.78, 5) is 48.1. The van der Waals surface area contributed by atoms with E-state index in [0.717, 1.165) is 4.68 Å². The standard InChI is InChI=1S/C26H25F2N7O4/c1-33(2)24(36)12-34(3)25(37)13-35-26(38)17-7-5-4-6-16(17)18(32-35)10-23-30-19-8-15(11-29)21(9-20(19)31-23)39-14-22(27)28/h4-9,22H,10,12-14H2,1-3H3,(H,30,31). The lowest BCUT2D eigenvalue weighted by Gasteiger charge is -2.19. The molecule has 0 unspecified atom stereocenters. The van der Waals surface area contributed by atoms with Gasteiger partial charge in [-0.05, 0) is 12.1 Å². The monoisotopic (exact) mass is 537 g/mol. The van der Waals surface area contributed by atoms with E-state index < -0.39 is 24.5 Å². The van der Waals surface area contributed by atoms with Crippen LogP contribution in [0.25, 0.3) is 21.8 Å². The molecule has 2 aromatic carbocycles. The van der Waals surface area contributed by atoms with Gasteiger partial charge >= 0.3 is 0 Å². The average molecular weight is 538 g/mol. The molecule has 0 saturated heterocycles. The molecule has 1 N–H and O–H groups in total. The van der Waals surface area contributed by atoms with Crippen LogP contribution in [0.1, 0.15) is 17.1 Å². The van der Waals surface area contributed by atoms with E-state index in [9.17, 15) is 28.4 Å². The second-order valence-corrected chi connectivity index (χ2v) is 9.03. The van der Waals surface area contributed by atoms with Crippen LogP contribution in [0, 0.1) is 11.3 Å². The van der Waals surface area contributed by atoms with Crippen LogP contribution in [0.15, 0.2) is 41.2 Å². The molecule has 0 bridgehead atoms. The fourth-order valence-electron chi connectivity index (χ4n) is 3.92. The van der Waals surface area contributed by atoms with Crippen molar-refractivity contribution in [1.29, 1.82) is 5.26 Å². The van der Waals surface area contributed by atoms with Gasteiger partial charge in [0.05, 0.1) is 40.6 Å². The number of likely N-dealkylation sites (N-methyl/N-ethyl adjacent to an activating group) is 2. The summed E-state index contributed by atoms with van der Waals surface area (Å²) in [5, 5.41) is 14.8. The van der Waals surface area contributed by atoms with E-state index in [0.29, 0.717) is 33.3 Å². The molecule has 0 radical (unpaired) electrons. The largest absolute Gasteiger partial charge is 0.486 e. The summed E-state index contributed by atoms with van der Waals surface area (Å²) in [7, 11) is 4.64. The summed E-state index contributed by atoms with van der Waals surface area (Å²) < 4.78 is 31.4. The number of fused-ring (bicyclic) bond motifs is 2. The number of benzene rings is 2. The number of rotatable bonds is 9. The zero-order valence-corrected chi connectivity index (χ0v) is 21.4. The molecule has 4 rings (SSSR count). The Hall–Kier alpha value is -4.86. The maximum absolute atomic E-state index is 13.1. The highest BCUT2D eigenvalue weighted by atomic mass is 19.3. The van der Waals surface area contributed by atoms with Crippen LogP contribution >= 0.6 is 0 Å². The van der Waals surface area contributed by atoms with Crippen LogP contribution in [0.2, 0.25) is 0 Å². The first kappa shape index (κ1) is 27.2. The minimum absolute atomic E-state index is 0.00384. The van der Waals surface area contributed by atoms with E-state index in [2.05, 4.69) is 15.1 Å². The fraction of sp³-hybridized carbons (Fsp3) is 0.308. The van der Waals surface area contributed by atoms with E-state index in [1.165, 1.54) is 29.0 Å². The third-order valence-corrected chi connectivity index (χ3v) is 5.98. The van der Waals surface area contributed by atoms with Crippen molar-refractivity contribution in [2.75, 3.05) is 34.3 Å². The average Bonchev–Trinajstić information content (AvgIpc) is 3.30. The summed E-state index contributed by atoms with van der Waals surface area (Å²) in [5.41, 5.74) is 0.961. The number of aromatic nitrogens is 4. The van der Waals surface area contributed by atoms with Gasteiger partial charge in [-0.2, -0.15) is 10.4 Å². The zero-order chi connectivity index (χ0) is 28.3. The number of imidazole rings is 1. The number of carbonyl (C=O) groups excluding carboxylic acids is 2. The molecule has 0 aliphatic heterocycles. The van der Waals surface area contributed by atoms with Crippen molar-refractivity contribution in [3.8, 4) is 11.8 Å². The molecule has 0 atom stereocenters. The summed E-state index contributed by atoms with van der Waals surface area (Å²) in [5.74, 6) is -0.304. The van der Waals surface area contributed by atoms with Gasteiger partial charge in [0, 0.05) is 32.6 Å². The number of hydrogen-bond donors (Lipinski definition) is 1. The summed E-state index contributed by atoms with van der Waals surface area (Å²) in [6.07, 6.45) is -2.56. The highest BCUT2D eigenvalue weighted by molar-refractivity contribution is 5.86. The van der Waals surface area contributed by atoms with Gasteiger partial charge in [-0.15, -0.1) is 0 Å². The smallest absolute Gasteiger partial charge is 0.275 e. The molecule has 0 saturated carbocycles. The SMILES string of the molecule is CN(C)C(=O)CN(C)C(=O)Cn1nc(Cc2nc3cc(OCC(F)F)c(C#N)cc3[nH]2)c2ccccc2c1=O. The molecule has 39 heavy (non-hydrogen) atoms. The van der Waals surface area contributed by atoms with Gasteiger partial charge in [-0.1, -0.05) is 18.2 Å². The summed E-state index contributed by atoms with van der Waals surface area (Å²) in [6.45, 7) is -1.37. The third-order valence-electron chi connectivity index (χ3n) is 5.98. The molecule has 202 valence electrons. The molecule has 13 heteroatoms. The highest BCUT2D eigenvalue weighted by Gasteiger charge is 2.19. The summed E-state index contributed by atoms with van der Waals surface area (Å²) in [6, 6.07) is 11.6. The predicted octanol–water partition coefficient (Wildman–Crippen LogP) is 1.93. The van der Waals surface area contributed by atoms with Crippen LogP contribution in [0.4, 0.5) is 8.78 Å².